The van der Waals surface area contributed by atoms with Gasteiger partial charge in [0, 0.05) is 41.4 Å². The quantitative estimate of drug-likeness (QED) is 0.323. The van der Waals surface area contributed by atoms with Crippen LogP contribution in [0.15, 0.2) is 73.1 Å². The molecule has 3 N–H and O–H groups in total. The van der Waals surface area contributed by atoms with Crippen LogP contribution in [0.25, 0.3) is 10.9 Å². The maximum absolute atomic E-state index is 10.4. The Hall–Kier alpha value is -3.86. The SMILES string of the molecule is CC(C)(Cc1ccc(Oc2ccc(C#N)cn2)cc1)NCC(O)COc1cccc2[nH]ccc12. The minimum atomic E-state index is -0.635. The van der Waals surface area contributed by atoms with Crippen molar-refractivity contribution in [2.45, 2.75) is 31.9 Å². The van der Waals surface area contributed by atoms with Gasteiger partial charge in [-0.3, -0.25) is 0 Å². The maximum Gasteiger partial charge on any atom is 0.219 e. The number of nitrogens with zero attached hydrogens (tertiary/aromatic N) is 2. The zero-order valence-electron chi connectivity index (χ0n) is 19.3. The molecule has 0 saturated heterocycles. The van der Waals surface area contributed by atoms with Crippen LogP contribution in [0.2, 0.25) is 0 Å². The van der Waals surface area contributed by atoms with Crippen molar-refractivity contribution in [3.8, 4) is 23.4 Å². The molecule has 0 amide bonds. The zero-order chi connectivity index (χ0) is 24.0. The standard InChI is InChI=1S/C27H28N4O3/c1-27(2,31-17-21(32)18-33-25-5-3-4-24-23(25)12-13-29-24)14-19-6-9-22(10-7-19)34-26-11-8-20(15-28)16-30-26/h3-13,16,21,29,31-32H,14,17-18H2,1-2H3. The molecule has 34 heavy (non-hydrogen) atoms. The van der Waals surface area contributed by atoms with Crippen LogP contribution in [0.1, 0.15) is 25.0 Å². The lowest BCUT2D eigenvalue weighted by Gasteiger charge is -2.28. The van der Waals surface area contributed by atoms with E-state index in [1.165, 1.54) is 6.20 Å². The first kappa shape index (κ1) is 23.3. The summed E-state index contributed by atoms with van der Waals surface area (Å²) in [6.45, 7) is 4.84. The minimum Gasteiger partial charge on any atom is -0.490 e. The van der Waals surface area contributed by atoms with Crippen LogP contribution in [-0.2, 0) is 6.42 Å². The molecule has 0 spiro atoms. The number of aliphatic hydroxyl groups is 1. The van der Waals surface area contributed by atoms with Crippen molar-refractivity contribution in [1.29, 1.82) is 5.26 Å². The van der Waals surface area contributed by atoms with Gasteiger partial charge < -0.3 is 24.9 Å². The number of nitriles is 1. The van der Waals surface area contributed by atoms with Crippen LogP contribution in [0.5, 0.6) is 17.4 Å². The van der Waals surface area contributed by atoms with Gasteiger partial charge in [-0.1, -0.05) is 18.2 Å². The van der Waals surface area contributed by atoms with Crippen LogP contribution in [-0.4, -0.2) is 39.9 Å². The average molecular weight is 457 g/mol. The Morgan fingerprint density at radius 2 is 1.94 bits per heavy atom. The van der Waals surface area contributed by atoms with Crippen LogP contribution >= 0.6 is 0 Å². The predicted molar refractivity (Wildman–Crippen MR) is 131 cm³/mol. The number of rotatable bonds is 10. The van der Waals surface area contributed by atoms with Crippen LogP contribution in [0.4, 0.5) is 0 Å². The molecule has 0 aliphatic heterocycles. The Kier molecular flexibility index (Phi) is 7.12. The number of nitrogens with one attached hydrogen (secondary N) is 2. The Labute approximate surface area is 199 Å². The largest absolute Gasteiger partial charge is 0.490 e. The molecule has 0 saturated carbocycles. The monoisotopic (exact) mass is 456 g/mol. The maximum atomic E-state index is 10.4. The lowest BCUT2D eigenvalue weighted by atomic mass is 9.94. The van der Waals surface area contributed by atoms with Crippen molar-refractivity contribution < 1.29 is 14.6 Å². The molecular formula is C27H28N4O3. The van der Waals surface area contributed by atoms with Crippen LogP contribution in [0, 0.1) is 11.3 Å². The fraction of sp³-hybridized carbons (Fsp3) is 0.259. The van der Waals surface area contributed by atoms with E-state index in [2.05, 4.69) is 29.1 Å². The van der Waals surface area contributed by atoms with Crippen molar-refractivity contribution >= 4 is 10.9 Å². The molecule has 2 aromatic carbocycles. The summed E-state index contributed by atoms with van der Waals surface area (Å²) in [7, 11) is 0. The molecule has 1 unspecified atom stereocenters. The molecule has 4 rings (SSSR count). The van der Waals surface area contributed by atoms with E-state index in [4.69, 9.17) is 14.7 Å². The topological polar surface area (TPSA) is 103 Å². The molecule has 0 fully saturated rings. The molecule has 2 heterocycles. The van der Waals surface area contributed by atoms with Gasteiger partial charge in [-0.05, 0) is 62.2 Å². The van der Waals surface area contributed by atoms with Crippen molar-refractivity contribution in [3.05, 3.63) is 84.2 Å². The van der Waals surface area contributed by atoms with Gasteiger partial charge in [0.15, 0.2) is 0 Å². The normalized spacial score (nSPS) is 12.3. The highest BCUT2D eigenvalue weighted by Gasteiger charge is 2.20. The summed E-state index contributed by atoms with van der Waals surface area (Å²) in [6.07, 6.45) is 3.50. The number of aromatic nitrogens is 2. The molecule has 0 radical (unpaired) electrons. The van der Waals surface area contributed by atoms with Gasteiger partial charge in [-0.25, -0.2) is 4.98 Å². The molecule has 4 aromatic rings. The second kappa shape index (κ2) is 10.4. The Morgan fingerprint density at radius 1 is 1.12 bits per heavy atom. The zero-order valence-corrected chi connectivity index (χ0v) is 19.3. The number of H-pyrrole nitrogens is 1. The van der Waals surface area contributed by atoms with Crippen molar-refractivity contribution in [2.24, 2.45) is 0 Å². The van der Waals surface area contributed by atoms with Crippen molar-refractivity contribution in [1.82, 2.24) is 15.3 Å². The lowest BCUT2D eigenvalue weighted by Crippen LogP contribution is -2.46. The number of aromatic amines is 1. The molecule has 174 valence electrons. The second-order valence-electron chi connectivity index (χ2n) is 8.84. The summed E-state index contributed by atoms with van der Waals surface area (Å²) < 4.78 is 11.6. The molecule has 1 atom stereocenters. The molecule has 0 bridgehead atoms. The first-order valence-corrected chi connectivity index (χ1v) is 11.2. The number of ether oxygens (including phenoxy) is 2. The molecule has 0 aliphatic carbocycles. The van der Waals surface area contributed by atoms with E-state index >= 15 is 0 Å². The van der Waals surface area contributed by atoms with Gasteiger partial charge >= 0.3 is 0 Å². The van der Waals surface area contributed by atoms with Gasteiger partial charge in [-0.2, -0.15) is 5.26 Å². The van der Waals surface area contributed by atoms with Gasteiger partial charge in [0.25, 0.3) is 0 Å². The van der Waals surface area contributed by atoms with Gasteiger partial charge in [0.05, 0.1) is 5.56 Å². The second-order valence-corrected chi connectivity index (χ2v) is 8.84. The molecule has 0 aliphatic rings. The van der Waals surface area contributed by atoms with Crippen molar-refractivity contribution in [3.63, 3.8) is 0 Å². The Bertz CT molecular complexity index is 1260. The van der Waals surface area contributed by atoms with Crippen LogP contribution in [0.3, 0.4) is 0 Å². The van der Waals surface area contributed by atoms with E-state index in [-0.39, 0.29) is 12.1 Å². The summed E-state index contributed by atoms with van der Waals surface area (Å²) in [5.74, 6) is 1.88. The first-order chi connectivity index (χ1) is 16.4. The van der Waals surface area contributed by atoms with E-state index in [1.807, 2.05) is 60.8 Å². The number of hydrogen-bond acceptors (Lipinski definition) is 6. The number of benzene rings is 2. The number of β-amino-alcohol motifs (C(OH)–C–C–N with tert-alkyl or cyclic N) is 1. The minimum absolute atomic E-state index is 0.211. The highest BCUT2D eigenvalue weighted by Crippen LogP contribution is 2.25. The number of hydrogen-bond donors (Lipinski definition) is 3. The third-order valence-electron chi connectivity index (χ3n) is 5.46. The van der Waals surface area contributed by atoms with Gasteiger partial charge in [0.2, 0.25) is 5.88 Å². The van der Waals surface area contributed by atoms with Gasteiger partial charge in [-0.15, -0.1) is 0 Å². The molecular weight excluding hydrogens is 428 g/mol. The summed E-state index contributed by atoms with van der Waals surface area (Å²) in [6, 6.07) is 21.0. The Balaban J connectivity index is 1.25. The summed E-state index contributed by atoms with van der Waals surface area (Å²) in [4.78, 5) is 7.28. The summed E-state index contributed by atoms with van der Waals surface area (Å²) in [5.41, 5.74) is 2.42. The predicted octanol–water partition coefficient (Wildman–Crippen LogP) is 4.58. The van der Waals surface area contributed by atoms with E-state index in [0.717, 1.165) is 28.6 Å². The lowest BCUT2D eigenvalue weighted by molar-refractivity contribution is 0.0996. The highest BCUT2D eigenvalue weighted by atomic mass is 16.5. The molecule has 7 nitrogen and oxygen atoms in total. The van der Waals surface area contributed by atoms with E-state index < -0.39 is 6.10 Å². The first-order valence-electron chi connectivity index (χ1n) is 11.2. The molecule has 2 aromatic heterocycles. The summed E-state index contributed by atoms with van der Waals surface area (Å²) >= 11 is 0. The van der Waals surface area contributed by atoms with Crippen molar-refractivity contribution in [2.75, 3.05) is 13.2 Å². The third kappa shape index (κ3) is 6.13. The average Bonchev–Trinajstić information content (AvgIpc) is 3.33. The number of pyridine rings is 1. The fourth-order valence-corrected chi connectivity index (χ4v) is 3.70. The fourth-order valence-electron chi connectivity index (χ4n) is 3.70. The molecule has 7 heteroatoms. The van der Waals surface area contributed by atoms with E-state index in [9.17, 15) is 5.11 Å². The number of fused-ring (bicyclic) bond motifs is 1. The van der Waals surface area contributed by atoms with Gasteiger partial charge in [0.1, 0.15) is 30.3 Å². The Morgan fingerprint density at radius 3 is 2.68 bits per heavy atom. The third-order valence-corrected chi connectivity index (χ3v) is 5.46. The highest BCUT2D eigenvalue weighted by molar-refractivity contribution is 5.85. The van der Waals surface area contributed by atoms with E-state index in [0.29, 0.717) is 23.7 Å². The smallest absolute Gasteiger partial charge is 0.219 e. The van der Waals surface area contributed by atoms with E-state index in [1.54, 1.807) is 12.1 Å². The van der Waals surface area contributed by atoms with Crippen LogP contribution < -0.4 is 14.8 Å². The number of aliphatic hydroxyl groups excluding tert-OH is 1. The summed E-state index contributed by atoms with van der Waals surface area (Å²) in [5, 5.41) is 23.7.